The molecule has 0 bridgehead atoms. The number of nitrogens with one attached hydrogen (secondary N) is 1. The number of halogens is 3. The van der Waals surface area contributed by atoms with Gasteiger partial charge in [0.2, 0.25) is 5.91 Å². The second kappa shape index (κ2) is 5.50. The lowest BCUT2D eigenvalue weighted by atomic mass is 9.92. The summed E-state index contributed by atoms with van der Waals surface area (Å²) in [6, 6.07) is 5.19. The van der Waals surface area contributed by atoms with E-state index in [0.717, 1.165) is 6.07 Å². The van der Waals surface area contributed by atoms with Crippen molar-refractivity contribution in [2.75, 3.05) is 5.32 Å². The normalized spacial score (nSPS) is 12.1. The summed E-state index contributed by atoms with van der Waals surface area (Å²) in [5, 5.41) is 2.54. The van der Waals surface area contributed by atoms with E-state index in [2.05, 4.69) is 10.1 Å². The van der Waals surface area contributed by atoms with Crippen LogP contribution in [0.1, 0.15) is 27.2 Å². The number of carbonyl (C=O) groups excluding carboxylic acids is 1. The predicted octanol–water partition coefficient (Wildman–Crippen LogP) is 3.96. The maximum absolute atomic E-state index is 12.0. The quantitative estimate of drug-likeness (QED) is 0.906. The minimum atomic E-state index is -4.74. The first-order chi connectivity index (χ1) is 8.55. The average molecular weight is 275 g/mol. The zero-order valence-electron chi connectivity index (χ0n) is 11.0. The molecule has 1 amide bonds. The molecule has 0 aliphatic heterocycles. The molecule has 0 aromatic heterocycles. The Balaban J connectivity index is 2.70. The molecule has 0 unspecified atom stereocenters. The number of rotatable bonds is 3. The minimum absolute atomic E-state index is 0.190. The summed E-state index contributed by atoms with van der Waals surface area (Å²) >= 11 is 0. The summed E-state index contributed by atoms with van der Waals surface area (Å²) in [5.41, 5.74) is 0.0838. The Morgan fingerprint density at radius 3 is 2.42 bits per heavy atom. The zero-order chi connectivity index (χ0) is 14.7. The van der Waals surface area contributed by atoms with Gasteiger partial charge >= 0.3 is 6.36 Å². The van der Waals surface area contributed by atoms with Gasteiger partial charge in [0.1, 0.15) is 5.75 Å². The second-order valence-corrected chi connectivity index (χ2v) is 5.36. The zero-order valence-corrected chi connectivity index (χ0v) is 11.0. The molecule has 0 radical (unpaired) electrons. The molecule has 0 saturated heterocycles. The van der Waals surface area contributed by atoms with Crippen molar-refractivity contribution in [3.63, 3.8) is 0 Å². The Morgan fingerprint density at radius 1 is 1.26 bits per heavy atom. The smallest absolute Gasteiger partial charge is 0.406 e. The van der Waals surface area contributed by atoms with Gasteiger partial charge in [0.05, 0.1) is 0 Å². The Hall–Kier alpha value is -1.72. The molecule has 0 spiro atoms. The monoisotopic (exact) mass is 275 g/mol. The summed E-state index contributed by atoms with van der Waals surface area (Å²) in [4.78, 5) is 11.7. The van der Waals surface area contributed by atoms with E-state index in [9.17, 15) is 18.0 Å². The minimum Gasteiger partial charge on any atom is -0.406 e. The van der Waals surface area contributed by atoms with Gasteiger partial charge in [0.25, 0.3) is 0 Å². The van der Waals surface area contributed by atoms with E-state index in [0.29, 0.717) is 0 Å². The van der Waals surface area contributed by atoms with Crippen molar-refractivity contribution in [2.45, 2.75) is 33.6 Å². The number of alkyl halides is 3. The van der Waals surface area contributed by atoms with Gasteiger partial charge in [-0.15, -0.1) is 13.2 Å². The van der Waals surface area contributed by atoms with Crippen molar-refractivity contribution in [2.24, 2.45) is 5.41 Å². The topological polar surface area (TPSA) is 38.3 Å². The average Bonchev–Trinajstić information content (AvgIpc) is 2.11. The second-order valence-electron chi connectivity index (χ2n) is 5.36. The largest absolute Gasteiger partial charge is 0.573 e. The summed E-state index contributed by atoms with van der Waals surface area (Å²) in [7, 11) is 0. The van der Waals surface area contributed by atoms with Crippen molar-refractivity contribution in [1.29, 1.82) is 0 Å². The van der Waals surface area contributed by atoms with Crippen LogP contribution in [-0.2, 0) is 4.79 Å². The highest BCUT2D eigenvalue weighted by atomic mass is 19.4. The van der Waals surface area contributed by atoms with Crippen molar-refractivity contribution in [1.82, 2.24) is 0 Å². The van der Waals surface area contributed by atoms with Crippen molar-refractivity contribution in [3.8, 4) is 5.75 Å². The third kappa shape index (κ3) is 6.69. The maximum Gasteiger partial charge on any atom is 0.573 e. The number of benzene rings is 1. The van der Waals surface area contributed by atoms with Crippen LogP contribution in [0.2, 0.25) is 0 Å². The van der Waals surface area contributed by atoms with Crippen LogP contribution in [0.5, 0.6) is 5.75 Å². The molecule has 0 aliphatic carbocycles. The number of anilines is 1. The molecule has 1 rings (SSSR count). The van der Waals surface area contributed by atoms with Crippen LogP contribution in [0.3, 0.4) is 0 Å². The lowest BCUT2D eigenvalue weighted by Crippen LogP contribution is -2.20. The van der Waals surface area contributed by atoms with Crippen LogP contribution in [0, 0.1) is 5.41 Å². The van der Waals surface area contributed by atoms with E-state index in [4.69, 9.17) is 0 Å². The highest BCUT2D eigenvalue weighted by molar-refractivity contribution is 5.91. The first kappa shape index (κ1) is 15.3. The molecule has 0 saturated carbocycles. The summed E-state index contributed by atoms with van der Waals surface area (Å²) in [5.74, 6) is -0.613. The van der Waals surface area contributed by atoms with E-state index in [-0.39, 0.29) is 29.2 Å². The maximum atomic E-state index is 12.0. The fourth-order valence-corrected chi connectivity index (χ4v) is 1.46. The molecular weight excluding hydrogens is 259 g/mol. The van der Waals surface area contributed by atoms with Crippen LogP contribution in [0.15, 0.2) is 24.3 Å². The molecule has 0 fully saturated rings. The predicted molar refractivity (Wildman–Crippen MR) is 65.8 cm³/mol. The SMILES string of the molecule is CC(C)(C)CC(=O)Nc1cccc(OC(F)(F)F)c1. The Labute approximate surface area is 109 Å². The van der Waals surface area contributed by atoms with Gasteiger partial charge in [-0.3, -0.25) is 4.79 Å². The molecule has 1 N–H and O–H groups in total. The van der Waals surface area contributed by atoms with Gasteiger partial charge in [-0.05, 0) is 17.5 Å². The third-order valence-corrected chi connectivity index (χ3v) is 2.04. The van der Waals surface area contributed by atoms with Crippen molar-refractivity contribution < 1.29 is 22.7 Å². The molecule has 3 nitrogen and oxygen atoms in total. The van der Waals surface area contributed by atoms with Crippen LogP contribution in [0.25, 0.3) is 0 Å². The van der Waals surface area contributed by atoms with E-state index < -0.39 is 6.36 Å². The van der Waals surface area contributed by atoms with Crippen molar-refractivity contribution in [3.05, 3.63) is 24.3 Å². The molecule has 1 aromatic carbocycles. The van der Waals surface area contributed by atoms with Gasteiger partial charge in [0, 0.05) is 18.2 Å². The van der Waals surface area contributed by atoms with Crippen LogP contribution in [0.4, 0.5) is 18.9 Å². The Morgan fingerprint density at radius 2 is 1.89 bits per heavy atom. The van der Waals surface area contributed by atoms with Crippen molar-refractivity contribution >= 4 is 11.6 Å². The van der Waals surface area contributed by atoms with E-state index in [1.165, 1.54) is 18.2 Å². The number of ether oxygens (including phenoxy) is 1. The molecule has 0 atom stereocenters. The van der Waals surface area contributed by atoms with Crippen LogP contribution in [-0.4, -0.2) is 12.3 Å². The fraction of sp³-hybridized carbons (Fsp3) is 0.462. The Kier molecular flexibility index (Phi) is 4.44. The van der Waals surface area contributed by atoms with E-state index in [1.54, 1.807) is 0 Å². The lowest BCUT2D eigenvalue weighted by molar-refractivity contribution is -0.274. The summed E-state index contributed by atoms with van der Waals surface area (Å²) < 4.78 is 39.9. The van der Waals surface area contributed by atoms with E-state index >= 15 is 0 Å². The first-order valence-corrected chi connectivity index (χ1v) is 5.71. The molecule has 0 aliphatic rings. The molecule has 1 aromatic rings. The standard InChI is InChI=1S/C13H16F3NO2/c1-12(2,3)8-11(18)17-9-5-4-6-10(7-9)19-13(14,15)16/h4-7H,8H2,1-3H3,(H,17,18). The van der Waals surface area contributed by atoms with Gasteiger partial charge in [-0.25, -0.2) is 0 Å². The number of hydrogen-bond donors (Lipinski definition) is 1. The molecule has 19 heavy (non-hydrogen) atoms. The van der Waals surface area contributed by atoms with Gasteiger partial charge < -0.3 is 10.1 Å². The number of carbonyl (C=O) groups is 1. The molecular formula is C13H16F3NO2. The summed E-state index contributed by atoms with van der Waals surface area (Å²) in [6.07, 6.45) is -4.47. The number of hydrogen-bond acceptors (Lipinski definition) is 2. The fourth-order valence-electron chi connectivity index (χ4n) is 1.46. The number of amides is 1. The van der Waals surface area contributed by atoms with Gasteiger partial charge in [-0.2, -0.15) is 0 Å². The highest BCUT2D eigenvalue weighted by Gasteiger charge is 2.31. The molecule has 106 valence electrons. The molecule has 0 heterocycles. The van der Waals surface area contributed by atoms with Crippen LogP contribution < -0.4 is 10.1 Å². The first-order valence-electron chi connectivity index (χ1n) is 5.71. The Bertz CT molecular complexity index is 450. The lowest BCUT2D eigenvalue weighted by Gasteiger charge is -2.17. The van der Waals surface area contributed by atoms with Gasteiger partial charge in [0.15, 0.2) is 0 Å². The third-order valence-electron chi connectivity index (χ3n) is 2.04. The highest BCUT2D eigenvalue weighted by Crippen LogP contribution is 2.25. The van der Waals surface area contributed by atoms with E-state index in [1.807, 2.05) is 20.8 Å². The molecule has 6 heteroatoms. The van der Waals surface area contributed by atoms with Gasteiger partial charge in [-0.1, -0.05) is 26.8 Å². The summed E-state index contributed by atoms with van der Waals surface area (Å²) in [6.45, 7) is 5.70. The van der Waals surface area contributed by atoms with Crippen LogP contribution >= 0.6 is 0 Å².